The Morgan fingerprint density at radius 2 is 1.47 bits per heavy atom. The minimum atomic E-state index is -1.05. The second-order valence-electron chi connectivity index (χ2n) is 12.6. The summed E-state index contributed by atoms with van der Waals surface area (Å²) in [5.74, 6) is -0.799. The van der Waals surface area contributed by atoms with Gasteiger partial charge in [0, 0.05) is 28.5 Å². The highest BCUT2D eigenvalue weighted by Crippen LogP contribution is 2.43. The average molecular weight is 631 g/mol. The van der Waals surface area contributed by atoms with Crippen LogP contribution >= 0.6 is 11.6 Å². The Kier molecular flexibility index (Phi) is 11.3. The highest BCUT2D eigenvalue weighted by molar-refractivity contribution is 6.30. The SMILES string of the molecule is CC(C)c1c(C(=O)Nc2ccccc2)c(-c2ccccc2)c(-c2ccc(Cl)cc2)n1CCC(O)CC(O)CC(=O)OC(C)(C)C. The lowest BCUT2D eigenvalue weighted by atomic mass is 9.94. The van der Waals surface area contributed by atoms with Crippen LogP contribution in [0.2, 0.25) is 5.02 Å². The summed E-state index contributed by atoms with van der Waals surface area (Å²) in [6.45, 7) is 9.77. The van der Waals surface area contributed by atoms with Gasteiger partial charge < -0.3 is 24.8 Å². The molecule has 0 spiro atoms. The molecule has 0 saturated carbocycles. The van der Waals surface area contributed by atoms with Crippen LogP contribution in [0.5, 0.6) is 0 Å². The Bertz CT molecular complexity index is 1580. The lowest BCUT2D eigenvalue weighted by Gasteiger charge is -2.22. The van der Waals surface area contributed by atoms with Crippen molar-refractivity contribution in [3.8, 4) is 22.4 Å². The smallest absolute Gasteiger partial charge is 0.308 e. The number of aliphatic hydroxyl groups is 2. The van der Waals surface area contributed by atoms with Crippen molar-refractivity contribution in [3.05, 3.63) is 101 Å². The molecule has 0 aliphatic heterocycles. The van der Waals surface area contributed by atoms with Gasteiger partial charge in [-0.3, -0.25) is 9.59 Å². The third-order valence-corrected chi connectivity index (χ3v) is 7.59. The average Bonchev–Trinajstić information content (AvgIpc) is 3.32. The summed E-state index contributed by atoms with van der Waals surface area (Å²) in [6.07, 6.45) is -1.85. The molecule has 0 saturated heterocycles. The molecule has 0 bridgehead atoms. The van der Waals surface area contributed by atoms with Gasteiger partial charge in [-0.05, 0) is 74.9 Å². The summed E-state index contributed by atoms with van der Waals surface area (Å²) >= 11 is 6.29. The van der Waals surface area contributed by atoms with Crippen LogP contribution in [0.3, 0.4) is 0 Å². The maximum Gasteiger partial charge on any atom is 0.308 e. The Morgan fingerprint density at radius 1 is 0.867 bits per heavy atom. The van der Waals surface area contributed by atoms with E-state index in [1.54, 1.807) is 20.8 Å². The number of hydrogen-bond acceptors (Lipinski definition) is 5. The fraction of sp³-hybridized carbons (Fsp3) is 0.351. The van der Waals surface area contributed by atoms with Crippen molar-refractivity contribution in [1.82, 2.24) is 4.57 Å². The Labute approximate surface area is 270 Å². The maximum atomic E-state index is 14.2. The molecule has 2 atom stereocenters. The molecule has 0 radical (unpaired) electrons. The molecular weight excluding hydrogens is 588 g/mol. The number of nitrogens with one attached hydrogen (secondary N) is 1. The van der Waals surface area contributed by atoms with E-state index in [2.05, 4.69) is 9.88 Å². The van der Waals surface area contributed by atoms with E-state index in [-0.39, 0.29) is 31.1 Å². The number of nitrogens with zero attached hydrogens (tertiary/aromatic N) is 1. The molecule has 1 amide bonds. The summed E-state index contributed by atoms with van der Waals surface area (Å²) < 4.78 is 7.44. The molecule has 7 nitrogen and oxygen atoms in total. The molecule has 45 heavy (non-hydrogen) atoms. The van der Waals surface area contributed by atoms with Crippen molar-refractivity contribution < 1.29 is 24.5 Å². The number of amides is 1. The summed E-state index contributed by atoms with van der Waals surface area (Å²) in [7, 11) is 0. The van der Waals surface area contributed by atoms with E-state index >= 15 is 0 Å². The molecular formula is C37H43ClN2O5. The highest BCUT2D eigenvalue weighted by atomic mass is 35.5. The number of benzene rings is 3. The zero-order chi connectivity index (χ0) is 32.7. The number of carbonyl (C=O) groups excluding carboxylic acids is 2. The number of hydrogen-bond donors (Lipinski definition) is 3. The van der Waals surface area contributed by atoms with Gasteiger partial charge in [0.25, 0.3) is 5.91 Å². The van der Waals surface area contributed by atoms with Crippen molar-refractivity contribution >= 4 is 29.2 Å². The monoisotopic (exact) mass is 630 g/mol. The van der Waals surface area contributed by atoms with Crippen LogP contribution in [-0.4, -0.2) is 44.5 Å². The molecule has 8 heteroatoms. The van der Waals surface area contributed by atoms with Crippen LogP contribution < -0.4 is 5.32 Å². The third kappa shape index (κ3) is 9.07. The van der Waals surface area contributed by atoms with Crippen LogP contribution in [-0.2, 0) is 16.1 Å². The van der Waals surface area contributed by atoms with E-state index in [1.807, 2.05) is 98.8 Å². The zero-order valence-corrected chi connectivity index (χ0v) is 27.3. The fourth-order valence-corrected chi connectivity index (χ4v) is 5.70. The fourth-order valence-electron chi connectivity index (χ4n) is 5.58. The first-order valence-electron chi connectivity index (χ1n) is 15.4. The number of halogens is 1. The van der Waals surface area contributed by atoms with Crippen LogP contribution in [0.1, 0.15) is 75.9 Å². The lowest BCUT2D eigenvalue weighted by molar-refractivity contribution is -0.157. The van der Waals surface area contributed by atoms with E-state index in [9.17, 15) is 19.8 Å². The molecule has 4 aromatic rings. The van der Waals surface area contributed by atoms with Crippen molar-refractivity contribution in [1.29, 1.82) is 0 Å². The minimum Gasteiger partial charge on any atom is -0.460 e. The molecule has 3 N–H and O–H groups in total. The zero-order valence-electron chi connectivity index (χ0n) is 26.6. The van der Waals surface area contributed by atoms with Crippen molar-refractivity contribution in [2.45, 2.75) is 84.2 Å². The Hall–Kier alpha value is -3.91. The topological polar surface area (TPSA) is 101 Å². The summed E-state index contributed by atoms with van der Waals surface area (Å²) in [5, 5.41) is 25.3. The first kappa shape index (κ1) is 34.0. The predicted molar refractivity (Wildman–Crippen MR) is 181 cm³/mol. The lowest BCUT2D eigenvalue weighted by Crippen LogP contribution is -2.28. The molecule has 4 rings (SSSR count). The quantitative estimate of drug-likeness (QED) is 0.137. The Morgan fingerprint density at radius 3 is 2.04 bits per heavy atom. The van der Waals surface area contributed by atoms with Gasteiger partial charge in [0.15, 0.2) is 0 Å². The number of ether oxygens (including phenoxy) is 1. The maximum absolute atomic E-state index is 14.2. The first-order chi connectivity index (χ1) is 21.3. The van der Waals surface area contributed by atoms with Gasteiger partial charge in [-0.2, -0.15) is 0 Å². The second-order valence-corrected chi connectivity index (χ2v) is 13.0. The van der Waals surface area contributed by atoms with Crippen molar-refractivity contribution in [3.63, 3.8) is 0 Å². The van der Waals surface area contributed by atoms with E-state index in [0.717, 1.165) is 28.1 Å². The standard InChI is InChI=1S/C37H43ClN2O5/c1-24(2)34-33(36(44)39-28-14-10-7-11-15-28)32(25-12-8-6-9-13-25)35(26-16-18-27(38)19-17-26)40(34)21-20-29(41)22-30(42)23-31(43)45-37(3,4)5/h6-19,24,29-30,41-42H,20-23H2,1-5H3,(H,39,44). The number of carbonyl (C=O) groups is 2. The highest BCUT2D eigenvalue weighted by Gasteiger charge is 2.31. The summed E-state index contributed by atoms with van der Waals surface area (Å²) in [5.41, 5.74) is 4.80. The van der Waals surface area contributed by atoms with Gasteiger partial charge in [-0.15, -0.1) is 0 Å². The molecule has 1 heterocycles. The third-order valence-electron chi connectivity index (χ3n) is 7.34. The van der Waals surface area contributed by atoms with Gasteiger partial charge in [-0.25, -0.2) is 0 Å². The van der Waals surface area contributed by atoms with E-state index in [1.165, 1.54) is 0 Å². The number of rotatable bonds is 12. The predicted octanol–water partition coefficient (Wildman–Crippen LogP) is 8.09. The summed E-state index contributed by atoms with van der Waals surface area (Å²) in [4.78, 5) is 26.4. The van der Waals surface area contributed by atoms with Gasteiger partial charge in [0.2, 0.25) is 0 Å². The van der Waals surface area contributed by atoms with Gasteiger partial charge >= 0.3 is 5.97 Å². The number of aliphatic hydroxyl groups excluding tert-OH is 2. The van der Waals surface area contributed by atoms with Gasteiger partial charge in [0.05, 0.1) is 29.9 Å². The van der Waals surface area contributed by atoms with E-state index in [0.29, 0.717) is 22.8 Å². The van der Waals surface area contributed by atoms with E-state index in [4.69, 9.17) is 16.3 Å². The van der Waals surface area contributed by atoms with Crippen LogP contribution in [0.25, 0.3) is 22.4 Å². The number of anilines is 1. The Balaban J connectivity index is 1.78. The van der Waals surface area contributed by atoms with Crippen LogP contribution in [0, 0.1) is 0 Å². The van der Waals surface area contributed by atoms with Crippen molar-refractivity contribution in [2.75, 3.05) is 5.32 Å². The molecule has 1 aromatic heterocycles. The van der Waals surface area contributed by atoms with Crippen LogP contribution in [0.15, 0.2) is 84.9 Å². The van der Waals surface area contributed by atoms with Crippen LogP contribution in [0.4, 0.5) is 5.69 Å². The number of aromatic nitrogens is 1. The normalized spacial score (nSPS) is 13.0. The number of esters is 1. The second kappa shape index (κ2) is 14.9. The van der Waals surface area contributed by atoms with Gasteiger partial charge in [-0.1, -0.05) is 86.1 Å². The largest absolute Gasteiger partial charge is 0.460 e. The van der Waals surface area contributed by atoms with E-state index < -0.39 is 23.8 Å². The van der Waals surface area contributed by atoms with Gasteiger partial charge in [0.1, 0.15) is 5.60 Å². The molecule has 238 valence electrons. The first-order valence-corrected chi connectivity index (χ1v) is 15.7. The minimum absolute atomic E-state index is 0.0146. The molecule has 2 unspecified atom stereocenters. The summed E-state index contributed by atoms with van der Waals surface area (Å²) in [6, 6.07) is 26.7. The number of para-hydroxylation sites is 1. The molecule has 0 aliphatic rings. The molecule has 0 fully saturated rings. The van der Waals surface area contributed by atoms with Crippen molar-refractivity contribution in [2.24, 2.45) is 0 Å². The molecule has 3 aromatic carbocycles. The molecule has 0 aliphatic carbocycles.